The molecule has 1 amide bonds. The highest BCUT2D eigenvalue weighted by atomic mass is 16.5. The topological polar surface area (TPSA) is 102 Å². The van der Waals surface area contributed by atoms with Crippen LogP contribution >= 0.6 is 0 Å². The van der Waals surface area contributed by atoms with Crippen LogP contribution in [0.4, 0.5) is 0 Å². The second-order valence-corrected chi connectivity index (χ2v) is 2.87. The van der Waals surface area contributed by atoms with Gasteiger partial charge in [0.15, 0.2) is 0 Å². The highest BCUT2D eigenvalue weighted by Crippen LogP contribution is 2.09. The number of ether oxygens (including phenoxy) is 1. The number of hydrogen-bond acceptors (Lipinski definition) is 4. The van der Waals surface area contributed by atoms with Gasteiger partial charge in [-0.3, -0.25) is 4.79 Å². The van der Waals surface area contributed by atoms with Crippen molar-refractivity contribution in [3.63, 3.8) is 0 Å². The Labute approximate surface area is 80.7 Å². The largest absolute Gasteiger partial charge is 0.478 e. The number of primary amides is 1. The van der Waals surface area contributed by atoms with E-state index in [2.05, 4.69) is 5.32 Å². The molecule has 0 aliphatic carbocycles. The summed E-state index contributed by atoms with van der Waals surface area (Å²) in [6, 6.07) is 0. The van der Waals surface area contributed by atoms with Crippen LogP contribution in [-0.4, -0.2) is 42.8 Å². The Morgan fingerprint density at radius 2 is 2.29 bits per heavy atom. The lowest BCUT2D eigenvalue weighted by Crippen LogP contribution is -2.41. The Morgan fingerprint density at radius 3 is 2.71 bits per heavy atom. The minimum Gasteiger partial charge on any atom is -0.478 e. The first-order valence-electron chi connectivity index (χ1n) is 4.18. The fraction of sp³-hybridized carbons (Fsp3) is 0.500. The summed E-state index contributed by atoms with van der Waals surface area (Å²) in [6.07, 6.45) is 0.286. The van der Waals surface area contributed by atoms with Crippen LogP contribution in [0.3, 0.4) is 0 Å². The number of nitrogens with two attached hydrogens (primary N) is 1. The molecular weight excluding hydrogens is 188 g/mol. The lowest BCUT2D eigenvalue weighted by atomic mass is 10.1. The van der Waals surface area contributed by atoms with Crippen molar-refractivity contribution >= 4 is 11.9 Å². The third kappa shape index (κ3) is 2.82. The Hall–Kier alpha value is -1.40. The number of nitrogens with one attached hydrogen (secondary N) is 1. The number of rotatable bonds is 3. The molecule has 1 rings (SSSR count). The zero-order chi connectivity index (χ0) is 10.6. The lowest BCUT2D eigenvalue weighted by molar-refractivity contribution is -0.134. The van der Waals surface area contributed by atoms with Crippen LogP contribution in [0.1, 0.15) is 0 Å². The molecule has 1 saturated heterocycles. The van der Waals surface area contributed by atoms with Crippen molar-refractivity contribution in [2.24, 2.45) is 5.73 Å². The molecule has 14 heavy (non-hydrogen) atoms. The zero-order valence-electron chi connectivity index (χ0n) is 7.53. The molecule has 6 nitrogen and oxygen atoms in total. The van der Waals surface area contributed by atoms with Gasteiger partial charge in [0.2, 0.25) is 5.91 Å². The molecule has 1 aliphatic heterocycles. The van der Waals surface area contributed by atoms with Crippen molar-refractivity contribution in [1.82, 2.24) is 5.32 Å². The smallest absolute Gasteiger partial charge is 0.334 e. The van der Waals surface area contributed by atoms with E-state index in [9.17, 15) is 9.59 Å². The van der Waals surface area contributed by atoms with Crippen LogP contribution in [0.15, 0.2) is 11.6 Å². The van der Waals surface area contributed by atoms with Crippen LogP contribution < -0.4 is 11.1 Å². The molecule has 1 unspecified atom stereocenters. The van der Waals surface area contributed by atoms with Gasteiger partial charge in [0, 0.05) is 19.2 Å². The Balaban J connectivity index is 2.76. The SMILES string of the molecule is NC(=O)/C=C(\C(=O)O)C1CNCCO1. The number of hydrogen-bond donors (Lipinski definition) is 3. The van der Waals surface area contributed by atoms with Gasteiger partial charge in [-0.2, -0.15) is 0 Å². The third-order valence-corrected chi connectivity index (χ3v) is 1.82. The molecule has 0 bridgehead atoms. The quantitative estimate of drug-likeness (QED) is 0.480. The van der Waals surface area contributed by atoms with E-state index in [1.54, 1.807) is 0 Å². The number of carbonyl (C=O) groups excluding carboxylic acids is 1. The van der Waals surface area contributed by atoms with E-state index in [0.29, 0.717) is 19.7 Å². The molecule has 1 fully saturated rings. The first kappa shape index (κ1) is 10.7. The van der Waals surface area contributed by atoms with Crippen LogP contribution in [0.5, 0.6) is 0 Å². The van der Waals surface area contributed by atoms with Crippen LogP contribution in [0.2, 0.25) is 0 Å². The first-order valence-corrected chi connectivity index (χ1v) is 4.18. The molecular formula is C8H12N2O4. The molecule has 1 heterocycles. The number of carboxylic acids is 1. The molecule has 78 valence electrons. The second kappa shape index (κ2) is 4.73. The monoisotopic (exact) mass is 200 g/mol. The van der Waals surface area contributed by atoms with E-state index >= 15 is 0 Å². The molecule has 0 aromatic rings. The van der Waals surface area contributed by atoms with Gasteiger partial charge in [-0.05, 0) is 0 Å². The average molecular weight is 200 g/mol. The van der Waals surface area contributed by atoms with Crippen molar-refractivity contribution in [1.29, 1.82) is 0 Å². The Kier molecular flexibility index (Phi) is 3.61. The molecule has 0 spiro atoms. The fourth-order valence-electron chi connectivity index (χ4n) is 1.21. The summed E-state index contributed by atoms with van der Waals surface area (Å²) in [5.41, 5.74) is 4.78. The predicted molar refractivity (Wildman–Crippen MR) is 47.5 cm³/mol. The summed E-state index contributed by atoms with van der Waals surface area (Å²) in [5, 5.41) is 11.8. The van der Waals surface area contributed by atoms with E-state index in [4.69, 9.17) is 15.6 Å². The minimum absolute atomic E-state index is 0.107. The molecule has 0 saturated carbocycles. The molecule has 0 aromatic heterocycles. The van der Waals surface area contributed by atoms with E-state index < -0.39 is 18.0 Å². The van der Waals surface area contributed by atoms with Crippen molar-refractivity contribution in [3.8, 4) is 0 Å². The summed E-state index contributed by atoms with van der Waals surface area (Å²) < 4.78 is 5.18. The predicted octanol–water partition coefficient (Wildman–Crippen LogP) is -1.53. The Bertz CT molecular complexity index is 269. The van der Waals surface area contributed by atoms with Crippen LogP contribution in [0, 0.1) is 0 Å². The molecule has 1 aliphatic rings. The summed E-state index contributed by atoms with van der Waals surface area (Å²) >= 11 is 0. The number of carbonyl (C=O) groups is 2. The van der Waals surface area contributed by atoms with E-state index in [1.807, 2.05) is 0 Å². The molecule has 4 N–H and O–H groups in total. The van der Waals surface area contributed by atoms with E-state index in [1.165, 1.54) is 0 Å². The van der Waals surface area contributed by atoms with Gasteiger partial charge in [0.1, 0.15) is 6.10 Å². The highest BCUT2D eigenvalue weighted by Gasteiger charge is 2.23. The van der Waals surface area contributed by atoms with Crippen molar-refractivity contribution in [3.05, 3.63) is 11.6 Å². The van der Waals surface area contributed by atoms with Gasteiger partial charge in [-0.25, -0.2) is 4.79 Å². The van der Waals surface area contributed by atoms with Crippen molar-refractivity contribution in [2.75, 3.05) is 19.7 Å². The van der Waals surface area contributed by atoms with Crippen molar-refractivity contribution in [2.45, 2.75) is 6.10 Å². The number of amides is 1. The molecule has 0 aromatic carbocycles. The maximum absolute atomic E-state index is 10.8. The summed E-state index contributed by atoms with van der Waals surface area (Å²) in [5.74, 6) is -1.96. The van der Waals surface area contributed by atoms with Crippen LogP contribution in [0.25, 0.3) is 0 Å². The van der Waals surface area contributed by atoms with E-state index in [0.717, 1.165) is 6.08 Å². The fourth-order valence-corrected chi connectivity index (χ4v) is 1.21. The summed E-state index contributed by atoms with van der Waals surface area (Å²) in [7, 11) is 0. The summed E-state index contributed by atoms with van der Waals surface area (Å²) in [4.78, 5) is 21.3. The van der Waals surface area contributed by atoms with Crippen molar-refractivity contribution < 1.29 is 19.4 Å². The highest BCUT2D eigenvalue weighted by molar-refractivity contribution is 5.97. The van der Waals surface area contributed by atoms with Gasteiger partial charge < -0.3 is 20.9 Å². The third-order valence-electron chi connectivity index (χ3n) is 1.82. The van der Waals surface area contributed by atoms with Gasteiger partial charge >= 0.3 is 5.97 Å². The maximum atomic E-state index is 10.8. The number of carboxylic acid groups (broad SMARTS) is 1. The molecule has 0 radical (unpaired) electrons. The number of aliphatic carboxylic acids is 1. The average Bonchev–Trinajstić information content (AvgIpc) is 2.15. The van der Waals surface area contributed by atoms with Gasteiger partial charge in [0.25, 0.3) is 0 Å². The standard InChI is InChI=1S/C8H12N2O4/c9-7(11)3-5(8(12)13)6-4-10-1-2-14-6/h3,6,10H,1-2,4H2,(H2,9,11)(H,12,13)/b5-3-. The zero-order valence-corrected chi connectivity index (χ0v) is 7.53. The maximum Gasteiger partial charge on any atom is 0.334 e. The normalized spacial score (nSPS) is 23.1. The van der Waals surface area contributed by atoms with Crippen LogP contribution in [-0.2, 0) is 14.3 Å². The second-order valence-electron chi connectivity index (χ2n) is 2.87. The number of morpholine rings is 1. The van der Waals surface area contributed by atoms with E-state index in [-0.39, 0.29) is 5.57 Å². The Morgan fingerprint density at radius 1 is 1.57 bits per heavy atom. The van der Waals surface area contributed by atoms with Gasteiger partial charge in [-0.15, -0.1) is 0 Å². The molecule has 1 atom stereocenters. The minimum atomic E-state index is -1.18. The van der Waals surface area contributed by atoms with Gasteiger partial charge in [-0.1, -0.05) is 0 Å². The first-order chi connectivity index (χ1) is 6.61. The van der Waals surface area contributed by atoms with Gasteiger partial charge in [0.05, 0.1) is 12.2 Å². The molecule has 6 heteroatoms. The summed E-state index contributed by atoms with van der Waals surface area (Å²) in [6.45, 7) is 1.49. The lowest BCUT2D eigenvalue weighted by Gasteiger charge is -2.23.